The van der Waals surface area contributed by atoms with Crippen molar-refractivity contribution in [3.63, 3.8) is 0 Å². The summed E-state index contributed by atoms with van der Waals surface area (Å²) in [4.78, 5) is 12.7. The fraction of sp³-hybridized carbons (Fsp3) is 0.448. The molecule has 1 aliphatic rings. The Bertz CT molecular complexity index is 1410. The van der Waals surface area contributed by atoms with Gasteiger partial charge in [-0.3, -0.25) is 4.90 Å². The summed E-state index contributed by atoms with van der Waals surface area (Å²) in [7, 11) is 0. The van der Waals surface area contributed by atoms with Crippen LogP contribution >= 0.6 is 0 Å². The Hall–Kier alpha value is -3.70. The molecule has 1 saturated heterocycles. The maximum Gasteiger partial charge on any atom is 0.244 e. The number of hydrogen-bond donors (Lipinski definition) is 1. The number of nitrogens with zero attached hydrogens (tertiary/aromatic N) is 8. The van der Waals surface area contributed by atoms with Gasteiger partial charge in [-0.2, -0.15) is 5.10 Å². The third kappa shape index (κ3) is 5.90. The van der Waals surface area contributed by atoms with Gasteiger partial charge in [-0.1, -0.05) is 51.1 Å². The lowest BCUT2D eigenvalue weighted by Gasteiger charge is -2.44. The van der Waals surface area contributed by atoms with Crippen molar-refractivity contribution in [2.45, 2.75) is 57.8 Å². The van der Waals surface area contributed by atoms with Gasteiger partial charge in [0, 0.05) is 43.9 Å². The highest BCUT2D eigenvalue weighted by Gasteiger charge is 2.42. The zero-order valence-electron chi connectivity index (χ0n) is 23.4. The standard InChI is InChI=1S/C29H36F2N8O/c1-21(29(40,17-39-19-32-18-34-39)25-10-9-24(30)15-26(25)31)36-11-13-37(14-12-36)27-33-20-38(35-27)16-22-5-7-23(8-6-22)28(2,3)4/h5-10,15,18-21,40H,11-14,16-17H2,1-4H3. The number of piperazine rings is 1. The van der Waals surface area contributed by atoms with Crippen LogP contribution in [0.4, 0.5) is 14.7 Å². The van der Waals surface area contributed by atoms with Gasteiger partial charge in [0.1, 0.15) is 36.2 Å². The number of anilines is 1. The van der Waals surface area contributed by atoms with Gasteiger partial charge in [-0.25, -0.2) is 28.1 Å². The number of hydrogen-bond acceptors (Lipinski definition) is 7. The molecule has 3 heterocycles. The molecule has 1 N–H and O–H groups in total. The molecule has 5 rings (SSSR count). The molecule has 2 aromatic carbocycles. The monoisotopic (exact) mass is 550 g/mol. The van der Waals surface area contributed by atoms with Crippen molar-refractivity contribution in [2.75, 3.05) is 31.1 Å². The van der Waals surface area contributed by atoms with Gasteiger partial charge in [0.2, 0.25) is 5.95 Å². The number of benzene rings is 2. The molecule has 40 heavy (non-hydrogen) atoms. The van der Waals surface area contributed by atoms with Crippen LogP contribution in [0.1, 0.15) is 44.4 Å². The van der Waals surface area contributed by atoms with Gasteiger partial charge in [-0.15, -0.1) is 5.10 Å². The van der Waals surface area contributed by atoms with E-state index in [9.17, 15) is 13.9 Å². The molecule has 212 valence electrons. The van der Waals surface area contributed by atoms with Crippen molar-refractivity contribution in [3.8, 4) is 0 Å². The van der Waals surface area contributed by atoms with Crippen molar-refractivity contribution in [3.05, 3.63) is 89.8 Å². The Labute approximate surface area is 233 Å². The second-order valence-corrected chi connectivity index (χ2v) is 11.5. The van der Waals surface area contributed by atoms with E-state index in [0.717, 1.165) is 17.7 Å². The van der Waals surface area contributed by atoms with Crippen molar-refractivity contribution in [2.24, 2.45) is 0 Å². The van der Waals surface area contributed by atoms with Crippen LogP contribution in [-0.2, 0) is 24.1 Å². The number of halogens is 2. The second kappa shape index (κ2) is 11.1. The first-order valence-electron chi connectivity index (χ1n) is 13.5. The van der Waals surface area contributed by atoms with Crippen molar-refractivity contribution in [1.29, 1.82) is 0 Å². The molecule has 0 radical (unpaired) electrons. The molecule has 4 aromatic rings. The van der Waals surface area contributed by atoms with E-state index in [4.69, 9.17) is 5.10 Å². The highest BCUT2D eigenvalue weighted by molar-refractivity contribution is 5.31. The van der Waals surface area contributed by atoms with Crippen LogP contribution in [0.15, 0.2) is 61.4 Å². The lowest BCUT2D eigenvalue weighted by molar-refractivity contribution is -0.0650. The molecule has 11 heteroatoms. The molecule has 0 aliphatic carbocycles. The first-order chi connectivity index (χ1) is 19.0. The van der Waals surface area contributed by atoms with Gasteiger partial charge >= 0.3 is 0 Å². The maximum atomic E-state index is 14.9. The molecule has 0 spiro atoms. The summed E-state index contributed by atoms with van der Waals surface area (Å²) in [6.07, 6.45) is 4.58. The van der Waals surface area contributed by atoms with E-state index in [1.165, 1.54) is 29.0 Å². The van der Waals surface area contributed by atoms with Crippen LogP contribution in [0, 0.1) is 11.6 Å². The van der Waals surface area contributed by atoms with Crippen LogP contribution in [0.5, 0.6) is 0 Å². The Morgan fingerprint density at radius 1 is 0.950 bits per heavy atom. The van der Waals surface area contributed by atoms with Crippen LogP contribution < -0.4 is 4.90 Å². The molecular weight excluding hydrogens is 514 g/mol. The lowest BCUT2D eigenvalue weighted by atomic mass is 9.85. The second-order valence-electron chi connectivity index (χ2n) is 11.5. The van der Waals surface area contributed by atoms with Crippen LogP contribution in [0.25, 0.3) is 0 Å². The minimum absolute atomic E-state index is 0.0234. The van der Waals surface area contributed by atoms with E-state index < -0.39 is 23.3 Å². The summed E-state index contributed by atoms with van der Waals surface area (Å²) in [6.45, 7) is 11.5. The molecule has 0 saturated carbocycles. The van der Waals surface area contributed by atoms with Gasteiger partial charge in [0.05, 0.1) is 13.1 Å². The molecule has 1 aliphatic heterocycles. The molecule has 9 nitrogen and oxygen atoms in total. The van der Waals surface area contributed by atoms with E-state index in [2.05, 4.69) is 69.9 Å². The molecule has 2 atom stereocenters. The highest BCUT2D eigenvalue weighted by Crippen LogP contribution is 2.33. The van der Waals surface area contributed by atoms with Gasteiger partial charge in [-0.05, 0) is 29.5 Å². The fourth-order valence-electron chi connectivity index (χ4n) is 5.26. The first kappa shape index (κ1) is 27.9. The summed E-state index contributed by atoms with van der Waals surface area (Å²) in [5.74, 6) is -0.837. The Kier molecular flexibility index (Phi) is 7.70. The summed E-state index contributed by atoms with van der Waals surface area (Å²) in [5.41, 5.74) is 0.907. The molecule has 2 aromatic heterocycles. The third-order valence-corrected chi connectivity index (χ3v) is 7.79. The average Bonchev–Trinajstić information content (AvgIpc) is 3.60. The van der Waals surface area contributed by atoms with Gasteiger partial charge in [0.25, 0.3) is 0 Å². The summed E-state index contributed by atoms with van der Waals surface area (Å²) < 4.78 is 31.9. The van der Waals surface area contributed by atoms with Crippen molar-refractivity contribution >= 4 is 5.95 Å². The van der Waals surface area contributed by atoms with Crippen LogP contribution in [0.2, 0.25) is 0 Å². The smallest absolute Gasteiger partial charge is 0.244 e. The minimum Gasteiger partial charge on any atom is -0.381 e. The summed E-state index contributed by atoms with van der Waals surface area (Å²) in [5, 5.41) is 20.7. The molecule has 0 amide bonds. The third-order valence-electron chi connectivity index (χ3n) is 7.79. The molecule has 2 unspecified atom stereocenters. The predicted octanol–water partition coefficient (Wildman–Crippen LogP) is 3.59. The van der Waals surface area contributed by atoms with E-state index in [1.807, 2.05) is 11.6 Å². The zero-order chi connectivity index (χ0) is 28.5. The fourth-order valence-corrected chi connectivity index (χ4v) is 5.26. The predicted molar refractivity (Wildman–Crippen MR) is 148 cm³/mol. The van der Waals surface area contributed by atoms with Gasteiger partial charge < -0.3 is 10.0 Å². The maximum absolute atomic E-state index is 14.9. The topological polar surface area (TPSA) is 88.1 Å². The van der Waals surface area contributed by atoms with E-state index in [-0.39, 0.29) is 17.5 Å². The number of rotatable bonds is 8. The minimum atomic E-state index is -1.67. The zero-order valence-corrected chi connectivity index (χ0v) is 23.4. The normalized spacial score (nSPS) is 17.1. The van der Waals surface area contributed by atoms with Crippen molar-refractivity contribution < 1.29 is 13.9 Å². The summed E-state index contributed by atoms with van der Waals surface area (Å²) >= 11 is 0. The number of aromatic nitrogens is 6. The Morgan fingerprint density at radius 2 is 1.68 bits per heavy atom. The van der Waals surface area contributed by atoms with E-state index >= 15 is 0 Å². The number of aliphatic hydroxyl groups is 1. The van der Waals surface area contributed by atoms with Gasteiger partial charge in [0.15, 0.2) is 0 Å². The van der Waals surface area contributed by atoms with Crippen LogP contribution in [-0.4, -0.2) is 71.8 Å². The van der Waals surface area contributed by atoms with Crippen molar-refractivity contribution in [1.82, 2.24) is 34.4 Å². The Morgan fingerprint density at radius 3 is 2.30 bits per heavy atom. The SMILES string of the molecule is CC(N1CCN(c2ncn(Cc3ccc(C(C)(C)C)cc3)n2)CC1)C(O)(Cn1cncn1)c1ccc(F)cc1F. The quantitative estimate of drug-likeness (QED) is 0.359. The van der Waals surface area contributed by atoms with E-state index in [0.29, 0.717) is 38.7 Å². The molecular formula is C29H36F2N8O. The lowest BCUT2D eigenvalue weighted by Crippen LogP contribution is -2.57. The molecule has 0 bridgehead atoms. The van der Waals surface area contributed by atoms with E-state index in [1.54, 1.807) is 6.33 Å². The first-order valence-corrected chi connectivity index (χ1v) is 13.5. The van der Waals surface area contributed by atoms with Crippen LogP contribution in [0.3, 0.4) is 0 Å². The highest BCUT2D eigenvalue weighted by atomic mass is 19.1. The Balaban J connectivity index is 1.25. The average molecular weight is 551 g/mol. The molecule has 1 fully saturated rings. The summed E-state index contributed by atoms with van der Waals surface area (Å²) in [6, 6.07) is 11.4. The largest absolute Gasteiger partial charge is 0.381 e.